The van der Waals surface area contributed by atoms with Gasteiger partial charge in [-0.05, 0) is 61.5 Å². The molecular formula is C14H11Br2NO2S. The topological polar surface area (TPSA) is 49.3 Å². The Morgan fingerprint density at radius 1 is 1.25 bits per heavy atom. The molecule has 2 N–H and O–H groups in total. The second-order valence-electron chi connectivity index (χ2n) is 4.65. The second kappa shape index (κ2) is 5.60. The van der Waals surface area contributed by atoms with Crippen LogP contribution in [0.25, 0.3) is 0 Å². The Kier molecular flexibility index (Phi) is 3.99. The van der Waals surface area contributed by atoms with Gasteiger partial charge in [-0.15, -0.1) is 11.3 Å². The number of nitrogens with one attached hydrogen (secondary N) is 1. The van der Waals surface area contributed by atoms with Crippen LogP contribution in [-0.2, 0) is 11.2 Å². The molecule has 0 radical (unpaired) electrons. The van der Waals surface area contributed by atoms with Gasteiger partial charge in [-0.1, -0.05) is 12.1 Å². The first-order valence-electron chi connectivity index (χ1n) is 6.10. The molecule has 3 nitrogen and oxygen atoms in total. The zero-order valence-corrected chi connectivity index (χ0v) is 14.3. The summed E-state index contributed by atoms with van der Waals surface area (Å²) in [6.07, 6.45) is 0.547. The van der Waals surface area contributed by atoms with Crippen LogP contribution in [-0.4, -0.2) is 11.0 Å². The van der Waals surface area contributed by atoms with E-state index in [1.807, 2.05) is 24.3 Å². The minimum atomic E-state index is -0.671. The van der Waals surface area contributed by atoms with Crippen molar-refractivity contribution < 1.29 is 9.90 Å². The van der Waals surface area contributed by atoms with Crippen molar-refractivity contribution in [3.05, 3.63) is 48.5 Å². The third-order valence-electron chi connectivity index (χ3n) is 3.32. The Labute approximate surface area is 137 Å². The first-order chi connectivity index (χ1) is 9.54. The monoisotopic (exact) mass is 415 g/mol. The fourth-order valence-electron chi connectivity index (χ4n) is 2.29. The summed E-state index contributed by atoms with van der Waals surface area (Å²) < 4.78 is 1.89. The number of amides is 1. The molecule has 20 heavy (non-hydrogen) atoms. The van der Waals surface area contributed by atoms with Crippen molar-refractivity contribution in [3.63, 3.8) is 0 Å². The van der Waals surface area contributed by atoms with Gasteiger partial charge in [0.1, 0.15) is 6.10 Å². The van der Waals surface area contributed by atoms with Gasteiger partial charge in [0.15, 0.2) is 0 Å². The number of thiophene rings is 1. The predicted octanol–water partition coefficient (Wildman–Crippen LogP) is 4.24. The molecule has 0 aliphatic carbocycles. The van der Waals surface area contributed by atoms with E-state index in [0.717, 1.165) is 36.4 Å². The average Bonchev–Trinajstić information content (AvgIpc) is 2.76. The number of hydrogen-bond donors (Lipinski definition) is 2. The van der Waals surface area contributed by atoms with E-state index in [-0.39, 0.29) is 5.91 Å². The number of aliphatic hydroxyl groups is 1. The van der Waals surface area contributed by atoms with Crippen LogP contribution in [0.3, 0.4) is 0 Å². The number of anilines is 1. The standard InChI is InChI=1S/C14H11Br2NO2S/c15-11-6-9(14(16)20-11)13(19)8-1-3-10-7(5-8)2-4-12(18)17-10/h1,3,5-6,13,19H,2,4H2,(H,17,18). The highest BCUT2D eigenvalue weighted by molar-refractivity contribution is 9.12. The molecule has 1 amide bonds. The molecule has 0 spiro atoms. The van der Waals surface area contributed by atoms with E-state index in [1.165, 1.54) is 11.3 Å². The van der Waals surface area contributed by atoms with E-state index in [4.69, 9.17) is 0 Å². The van der Waals surface area contributed by atoms with Crippen LogP contribution >= 0.6 is 43.2 Å². The fourth-order valence-corrected chi connectivity index (χ4v) is 5.18. The number of carbonyl (C=O) groups excluding carboxylic acids is 1. The number of rotatable bonds is 2. The highest BCUT2D eigenvalue weighted by Gasteiger charge is 2.20. The van der Waals surface area contributed by atoms with Gasteiger partial charge in [-0.25, -0.2) is 0 Å². The van der Waals surface area contributed by atoms with Gasteiger partial charge >= 0.3 is 0 Å². The summed E-state index contributed by atoms with van der Waals surface area (Å²) in [5.41, 5.74) is 3.61. The molecule has 1 aliphatic rings. The van der Waals surface area contributed by atoms with Gasteiger partial charge in [-0.3, -0.25) is 4.79 Å². The maximum absolute atomic E-state index is 11.3. The highest BCUT2D eigenvalue weighted by Crippen LogP contribution is 2.38. The first-order valence-corrected chi connectivity index (χ1v) is 8.50. The van der Waals surface area contributed by atoms with Crippen LogP contribution in [0.1, 0.15) is 29.2 Å². The zero-order chi connectivity index (χ0) is 14.3. The summed E-state index contributed by atoms with van der Waals surface area (Å²) in [6, 6.07) is 7.60. The van der Waals surface area contributed by atoms with Crippen LogP contribution in [0, 0.1) is 0 Å². The normalized spacial score (nSPS) is 15.7. The number of benzene rings is 1. The van der Waals surface area contributed by atoms with E-state index in [1.54, 1.807) is 0 Å². The van der Waals surface area contributed by atoms with Crippen molar-refractivity contribution in [3.8, 4) is 0 Å². The minimum absolute atomic E-state index is 0.0512. The van der Waals surface area contributed by atoms with E-state index in [9.17, 15) is 9.90 Å². The van der Waals surface area contributed by atoms with Gasteiger partial charge in [-0.2, -0.15) is 0 Å². The smallest absolute Gasteiger partial charge is 0.224 e. The minimum Gasteiger partial charge on any atom is -0.384 e. The molecule has 0 saturated carbocycles. The number of aryl methyl sites for hydroxylation is 1. The molecule has 2 aromatic rings. The summed E-state index contributed by atoms with van der Waals surface area (Å²) in [5, 5.41) is 13.4. The number of fused-ring (bicyclic) bond motifs is 1. The summed E-state index contributed by atoms with van der Waals surface area (Å²) >= 11 is 8.43. The van der Waals surface area contributed by atoms with E-state index >= 15 is 0 Å². The van der Waals surface area contributed by atoms with Gasteiger partial charge in [0.2, 0.25) is 5.91 Å². The van der Waals surface area contributed by atoms with Crippen LogP contribution in [0.15, 0.2) is 31.8 Å². The lowest BCUT2D eigenvalue weighted by Gasteiger charge is -2.19. The quantitative estimate of drug-likeness (QED) is 0.769. The van der Waals surface area contributed by atoms with Gasteiger partial charge in [0, 0.05) is 17.7 Å². The molecule has 104 valence electrons. The van der Waals surface area contributed by atoms with Crippen LogP contribution in [0.5, 0.6) is 0 Å². The summed E-state index contributed by atoms with van der Waals surface area (Å²) in [5.74, 6) is 0.0512. The Morgan fingerprint density at radius 2 is 2.05 bits per heavy atom. The lowest BCUT2D eigenvalue weighted by atomic mass is 9.96. The van der Waals surface area contributed by atoms with Gasteiger partial charge in [0.05, 0.1) is 7.57 Å². The first kappa shape index (κ1) is 14.3. The third kappa shape index (κ3) is 2.70. The summed E-state index contributed by atoms with van der Waals surface area (Å²) in [7, 11) is 0. The molecule has 1 aromatic heterocycles. The lowest BCUT2D eigenvalue weighted by molar-refractivity contribution is -0.116. The van der Waals surface area contributed by atoms with Crippen LogP contribution in [0.2, 0.25) is 0 Å². The number of carbonyl (C=O) groups is 1. The molecule has 0 bridgehead atoms. The average molecular weight is 417 g/mol. The van der Waals surface area contributed by atoms with Crippen molar-refractivity contribution in [2.24, 2.45) is 0 Å². The molecule has 0 fully saturated rings. The van der Waals surface area contributed by atoms with E-state index in [0.29, 0.717) is 6.42 Å². The fraction of sp³-hybridized carbons (Fsp3) is 0.214. The Bertz CT molecular complexity index is 684. The Hall–Kier alpha value is -0.690. The summed E-state index contributed by atoms with van der Waals surface area (Å²) in [6.45, 7) is 0. The van der Waals surface area contributed by atoms with Crippen molar-refractivity contribution in [2.75, 3.05) is 5.32 Å². The highest BCUT2D eigenvalue weighted by atomic mass is 79.9. The zero-order valence-electron chi connectivity index (χ0n) is 10.3. The predicted molar refractivity (Wildman–Crippen MR) is 87.2 cm³/mol. The SMILES string of the molecule is O=C1CCc2cc(C(O)c3cc(Br)sc3Br)ccc2N1. The van der Waals surface area contributed by atoms with Crippen molar-refractivity contribution in [2.45, 2.75) is 18.9 Å². The molecule has 1 atom stereocenters. The molecule has 6 heteroatoms. The number of halogens is 2. The van der Waals surface area contributed by atoms with Crippen molar-refractivity contribution in [1.82, 2.24) is 0 Å². The second-order valence-corrected chi connectivity index (χ2v) is 8.40. The van der Waals surface area contributed by atoms with Gasteiger partial charge < -0.3 is 10.4 Å². The van der Waals surface area contributed by atoms with Crippen molar-refractivity contribution in [1.29, 1.82) is 0 Å². The van der Waals surface area contributed by atoms with E-state index in [2.05, 4.69) is 37.2 Å². The van der Waals surface area contributed by atoms with Crippen molar-refractivity contribution >= 4 is 54.8 Å². The summed E-state index contributed by atoms with van der Waals surface area (Å²) in [4.78, 5) is 11.3. The molecule has 1 aromatic carbocycles. The number of hydrogen-bond acceptors (Lipinski definition) is 3. The van der Waals surface area contributed by atoms with Crippen LogP contribution < -0.4 is 5.32 Å². The van der Waals surface area contributed by atoms with Crippen LogP contribution in [0.4, 0.5) is 5.69 Å². The molecule has 1 aliphatic heterocycles. The number of aliphatic hydroxyl groups excluding tert-OH is 1. The molecule has 3 rings (SSSR count). The molecule has 0 saturated heterocycles. The van der Waals surface area contributed by atoms with E-state index < -0.39 is 6.10 Å². The Morgan fingerprint density at radius 3 is 2.75 bits per heavy atom. The molecule has 2 heterocycles. The molecular weight excluding hydrogens is 406 g/mol. The maximum Gasteiger partial charge on any atom is 0.224 e. The van der Waals surface area contributed by atoms with Gasteiger partial charge in [0.25, 0.3) is 0 Å². The molecule has 1 unspecified atom stereocenters. The largest absolute Gasteiger partial charge is 0.384 e. The maximum atomic E-state index is 11.3. The third-order valence-corrected chi connectivity index (χ3v) is 5.70. The lowest BCUT2D eigenvalue weighted by Crippen LogP contribution is -2.19. The Balaban J connectivity index is 1.95.